The van der Waals surface area contributed by atoms with Gasteiger partial charge in [0, 0.05) is 5.56 Å². The van der Waals surface area contributed by atoms with E-state index in [1.165, 1.54) is 6.21 Å². The molecule has 0 saturated carbocycles. The Morgan fingerprint density at radius 1 is 0.971 bits per heavy atom. The van der Waals surface area contributed by atoms with E-state index in [-0.39, 0.29) is 18.1 Å². The second-order valence-electron chi connectivity index (χ2n) is 7.61. The van der Waals surface area contributed by atoms with Crippen LogP contribution in [0.3, 0.4) is 0 Å². The number of rotatable bonds is 8. The highest BCUT2D eigenvalue weighted by Gasteiger charge is 2.22. The van der Waals surface area contributed by atoms with Gasteiger partial charge < -0.3 is 9.15 Å². The largest absolute Gasteiger partial charge is 0.462 e. The molecule has 1 heterocycles. The number of benzene rings is 3. The van der Waals surface area contributed by atoms with Gasteiger partial charge in [-0.25, -0.2) is 10.2 Å². The molecule has 1 N–H and O–H groups in total. The van der Waals surface area contributed by atoms with Gasteiger partial charge >= 0.3 is 5.97 Å². The average molecular weight is 487 g/mol. The SMILES string of the molecule is CCOC(=O)c1cc(-c2ccc(/C=N\NC(=O)C(c3ccccc3)c3ccccc3)o2)ccc1Cl. The summed E-state index contributed by atoms with van der Waals surface area (Å²) >= 11 is 6.14. The predicted molar refractivity (Wildman–Crippen MR) is 136 cm³/mol. The standard InChI is InChI=1S/C28H23ClN2O4/c1-2-34-28(33)23-17-21(13-15-24(23)29)25-16-14-22(35-25)18-30-31-27(32)26(19-9-5-3-6-10-19)20-11-7-4-8-12-20/h3-18,26H,2H2,1H3,(H,31,32)/b30-18-. The third kappa shape index (κ3) is 5.86. The van der Waals surface area contributed by atoms with Crippen LogP contribution in [0.4, 0.5) is 0 Å². The fourth-order valence-corrected chi connectivity index (χ4v) is 3.83. The molecule has 4 aromatic rings. The van der Waals surface area contributed by atoms with Gasteiger partial charge in [-0.2, -0.15) is 5.10 Å². The van der Waals surface area contributed by atoms with Crippen LogP contribution in [0, 0.1) is 0 Å². The molecular formula is C28H23ClN2O4. The van der Waals surface area contributed by atoms with E-state index in [0.717, 1.165) is 11.1 Å². The quantitative estimate of drug-likeness (QED) is 0.186. The Labute approximate surface area is 208 Å². The number of hydrazone groups is 1. The minimum atomic E-state index is -0.503. The third-order valence-corrected chi connectivity index (χ3v) is 5.60. The third-order valence-electron chi connectivity index (χ3n) is 5.27. The molecule has 0 aliphatic rings. The van der Waals surface area contributed by atoms with E-state index in [1.54, 1.807) is 37.3 Å². The maximum absolute atomic E-state index is 13.0. The van der Waals surface area contributed by atoms with Crippen LogP contribution in [-0.2, 0) is 9.53 Å². The maximum atomic E-state index is 13.0. The van der Waals surface area contributed by atoms with Gasteiger partial charge in [0.05, 0.1) is 29.3 Å². The lowest BCUT2D eigenvalue weighted by Crippen LogP contribution is -2.26. The van der Waals surface area contributed by atoms with Gasteiger partial charge in [-0.3, -0.25) is 4.79 Å². The summed E-state index contributed by atoms with van der Waals surface area (Å²) in [5, 5.41) is 4.39. The number of halogens is 1. The smallest absolute Gasteiger partial charge is 0.339 e. The van der Waals surface area contributed by atoms with Gasteiger partial charge in [0.2, 0.25) is 0 Å². The van der Waals surface area contributed by atoms with Crippen LogP contribution < -0.4 is 5.43 Å². The van der Waals surface area contributed by atoms with Crippen molar-refractivity contribution in [3.63, 3.8) is 0 Å². The summed E-state index contributed by atoms with van der Waals surface area (Å²) in [5.41, 5.74) is 5.27. The van der Waals surface area contributed by atoms with Crippen molar-refractivity contribution >= 4 is 29.7 Å². The molecule has 6 nitrogen and oxygen atoms in total. The summed E-state index contributed by atoms with van der Waals surface area (Å²) in [6.07, 6.45) is 1.43. The molecule has 0 bridgehead atoms. The van der Waals surface area contributed by atoms with Crippen molar-refractivity contribution in [1.82, 2.24) is 5.43 Å². The number of nitrogens with zero attached hydrogens (tertiary/aromatic N) is 1. The van der Waals surface area contributed by atoms with E-state index >= 15 is 0 Å². The van der Waals surface area contributed by atoms with Crippen molar-refractivity contribution in [2.75, 3.05) is 6.61 Å². The number of carbonyl (C=O) groups is 2. The molecular weight excluding hydrogens is 464 g/mol. The van der Waals surface area contributed by atoms with E-state index in [0.29, 0.717) is 22.1 Å². The monoisotopic (exact) mass is 486 g/mol. The molecule has 7 heteroatoms. The fraction of sp³-hybridized carbons (Fsp3) is 0.107. The molecule has 35 heavy (non-hydrogen) atoms. The maximum Gasteiger partial charge on any atom is 0.339 e. The second kappa shape index (κ2) is 11.3. The van der Waals surface area contributed by atoms with E-state index < -0.39 is 11.9 Å². The topological polar surface area (TPSA) is 80.9 Å². The number of hydrogen-bond donors (Lipinski definition) is 1. The Kier molecular flexibility index (Phi) is 7.75. The number of nitrogens with one attached hydrogen (secondary N) is 1. The molecule has 1 amide bonds. The normalized spacial score (nSPS) is 11.1. The summed E-state index contributed by atoms with van der Waals surface area (Å²) in [7, 11) is 0. The molecule has 0 radical (unpaired) electrons. The van der Waals surface area contributed by atoms with Crippen LogP contribution in [0.15, 0.2) is 101 Å². The molecule has 4 rings (SSSR count). The van der Waals surface area contributed by atoms with Gasteiger partial charge in [-0.05, 0) is 48.4 Å². The van der Waals surface area contributed by atoms with Crippen molar-refractivity contribution in [3.05, 3.63) is 118 Å². The Hall–Kier alpha value is -4.16. The van der Waals surface area contributed by atoms with Gasteiger partial charge in [0.15, 0.2) is 0 Å². The molecule has 1 aromatic heterocycles. The van der Waals surface area contributed by atoms with Crippen LogP contribution in [-0.4, -0.2) is 24.7 Å². The van der Waals surface area contributed by atoms with Crippen LogP contribution in [0.1, 0.15) is 40.1 Å². The zero-order valence-electron chi connectivity index (χ0n) is 19.0. The first-order valence-electron chi connectivity index (χ1n) is 11.1. The summed E-state index contributed by atoms with van der Waals surface area (Å²) in [4.78, 5) is 25.2. The molecule has 0 saturated heterocycles. The van der Waals surface area contributed by atoms with Crippen molar-refractivity contribution in [2.45, 2.75) is 12.8 Å². The number of hydrogen-bond acceptors (Lipinski definition) is 5. The second-order valence-corrected chi connectivity index (χ2v) is 8.01. The van der Waals surface area contributed by atoms with Crippen molar-refractivity contribution in [2.24, 2.45) is 5.10 Å². The highest BCUT2D eigenvalue weighted by atomic mass is 35.5. The Bertz CT molecular complexity index is 1290. The zero-order chi connectivity index (χ0) is 24.6. The molecule has 0 fully saturated rings. The Morgan fingerprint density at radius 2 is 1.63 bits per heavy atom. The number of ether oxygens (including phenoxy) is 1. The summed E-state index contributed by atoms with van der Waals surface area (Å²) < 4.78 is 10.9. The molecule has 0 aliphatic carbocycles. The Morgan fingerprint density at radius 3 is 2.26 bits per heavy atom. The number of amides is 1. The van der Waals surface area contributed by atoms with E-state index in [2.05, 4.69) is 10.5 Å². The molecule has 0 aliphatic heterocycles. The molecule has 3 aromatic carbocycles. The van der Waals surface area contributed by atoms with Crippen LogP contribution in [0.2, 0.25) is 5.02 Å². The molecule has 176 valence electrons. The lowest BCUT2D eigenvalue weighted by Gasteiger charge is -2.16. The summed E-state index contributed by atoms with van der Waals surface area (Å²) in [6.45, 7) is 1.98. The lowest BCUT2D eigenvalue weighted by molar-refractivity contribution is -0.121. The van der Waals surface area contributed by atoms with Gasteiger partial charge in [-0.1, -0.05) is 72.3 Å². The zero-order valence-corrected chi connectivity index (χ0v) is 19.7. The highest BCUT2D eigenvalue weighted by Crippen LogP contribution is 2.27. The lowest BCUT2D eigenvalue weighted by atomic mass is 9.91. The van der Waals surface area contributed by atoms with Crippen LogP contribution >= 0.6 is 11.6 Å². The minimum absolute atomic E-state index is 0.252. The summed E-state index contributed by atoms with van der Waals surface area (Å²) in [6, 6.07) is 27.5. The predicted octanol–water partition coefficient (Wildman–Crippen LogP) is 6.06. The molecule has 0 spiro atoms. The van der Waals surface area contributed by atoms with Gasteiger partial charge in [0.25, 0.3) is 5.91 Å². The molecule has 0 atom stereocenters. The number of carbonyl (C=O) groups excluding carboxylic acids is 2. The number of furan rings is 1. The average Bonchev–Trinajstić information content (AvgIpc) is 3.35. The van der Waals surface area contributed by atoms with E-state index in [9.17, 15) is 9.59 Å². The van der Waals surface area contributed by atoms with E-state index in [1.807, 2.05) is 60.7 Å². The van der Waals surface area contributed by atoms with Crippen LogP contribution in [0.25, 0.3) is 11.3 Å². The first-order valence-corrected chi connectivity index (χ1v) is 11.4. The molecule has 0 unspecified atom stereocenters. The fourth-order valence-electron chi connectivity index (χ4n) is 3.63. The number of esters is 1. The minimum Gasteiger partial charge on any atom is -0.462 e. The van der Waals surface area contributed by atoms with E-state index in [4.69, 9.17) is 20.8 Å². The first-order chi connectivity index (χ1) is 17.1. The Balaban J connectivity index is 1.49. The first kappa shape index (κ1) is 24.0. The van der Waals surface area contributed by atoms with Gasteiger partial charge in [0.1, 0.15) is 11.5 Å². The van der Waals surface area contributed by atoms with Crippen molar-refractivity contribution in [3.8, 4) is 11.3 Å². The van der Waals surface area contributed by atoms with Crippen molar-refractivity contribution < 1.29 is 18.7 Å². The highest BCUT2D eigenvalue weighted by molar-refractivity contribution is 6.33. The van der Waals surface area contributed by atoms with Crippen molar-refractivity contribution in [1.29, 1.82) is 0 Å². The summed E-state index contributed by atoms with van der Waals surface area (Å²) in [5.74, 6) is -0.309. The van der Waals surface area contributed by atoms with Crippen LogP contribution in [0.5, 0.6) is 0 Å². The van der Waals surface area contributed by atoms with Gasteiger partial charge in [-0.15, -0.1) is 0 Å².